The number of benzene rings is 1. The molecule has 0 aliphatic carbocycles. The molecule has 0 spiro atoms. The number of rotatable bonds is 7. The van der Waals surface area contributed by atoms with Crippen LogP contribution in [0.25, 0.3) is 0 Å². The van der Waals surface area contributed by atoms with E-state index in [-0.39, 0.29) is 6.61 Å². The van der Waals surface area contributed by atoms with Gasteiger partial charge >= 0.3 is 5.97 Å². The molecule has 0 amide bonds. The highest BCUT2D eigenvalue weighted by Crippen LogP contribution is 2.21. The molecule has 0 saturated carbocycles. The highest BCUT2D eigenvalue weighted by Gasteiger charge is 2.24. The van der Waals surface area contributed by atoms with E-state index in [9.17, 15) is 9.59 Å². The van der Waals surface area contributed by atoms with E-state index >= 15 is 0 Å². The lowest BCUT2D eigenvalue weighted by Crippen LogP contribution is -2.23. The summed E-state index contributed by atoms with van der Waals surface area (Å²) in [5.74, 6) is -1.60. The third-order valence-electron chi connectivity index (χ3n) is 3.40. The van der Waals surface area contributed by atoms with Crippen LogP contribution in [-0.4, -0.2) is 30.0 Å². The predicted molar refractivity (Wildman–Crippen MR) is 92.6 cm³/mol. The number of carbonyl (C=O) groups excluding carboxylic acids is 2. The number of nitriles is 1. The van der Waals surface area contributed by atoms with Gasteiger partial charge < -0.3 is 9.47 Å². The third kappa shape index (κ3) is 5.13. The number of esters is 1. The lowest BCUT2D eigenvalue weighted by molar-refractivity contribution is -0.150. The molecule has 2 rings (SSSR count). The molecule has 130 valence electrons. The summed E-state index contributed by atoms with van der Waals surface area (Å²) in [4.78, 5) is 28.0. The molecule has 0 bridgehead atoms. The summed E-state index contributed by atoms with van der Waals surface area (Å²) < 4.78 is 10.3. The van der Waals surface area contributed by atoms with E-state index in [0.29, 0.717) is 10.8 Å². The van der Waals surface area contributed by atoms with Crippen LogP contribution in [0.3, 0.4) is 0 Å². The van der Waals surface area contributed by atoms with Crippen LogP contribution in [0.5, 0.6) is 5.75 Å². The van der Waals surface area contributed by atoms with Crippen molar-refractivity contribution in [3.05, 3.63) is 45.4 Å². The zero-order valence-electron chi connectivity index (χ0n) is 14.2. The molecule has 0 saturated heterocycles. The highest BCUT2D eigenvalue weighted by molar-refractivity contribution is 7.09. The highest BCUT2D eigenvalue weighted by atomic mass is 32.1. The topological polar surface area (TPSA) is 89.3 Å². The van der Waals surface area contributed by atoms with Crippen LogP contribution in [0.15, 0.2) is 23.6 Å². The number of ether oxygens (including phenoxy) is 2. The minimum atomic E-state index is -1.02. The largest absolute Gasteiger partial charge is 0.482 e. The first-order chi connectivity index (χ1) is 11.9. The SMILES string of the molecule is Cc1ccc(C)c(OCC(=O)OCC(=O)[C@@H](C#N)c2nc(C)cs2)c1. The Labute approximate surface area is 150 Å². The molecule has 0 unspecified atom stereocenters. The van der Waals surface area contributed by atoms with E-state index in [2.05, 4.69) is 4.98 Å². The Morgan fingerprint density at radius 1 is 1.28 bits per heavy atom. The van der Waals surface area contributed by atoms with E-state index in [1.54, 1.807) is 12.3 Å². The molecule has 6 nitrogen and oxygen atoms in total. The molecule has 25 heavy (non-hydrogen) atoms. The van der Waals surface area contributed by atoms with Crippen LogP contribution in [-0.2, 0) is 14.3 Å². The number of Topliss-reactive ketones (excluding diaryl/α,β-unsaturated/α-hetero) is 1. The summed E-state index contributed by atoms with van der Waals surface area (Å²) in [7, 11) is 0. The van der Waals surface area contributed by atoms with Crippen LogP contribution in [0, 0.1) is 32.1 Å². The minimum absolute atomic E-state index is 0.300. The first-order valence-electron chi connectivity index (χ1n) is 7.60. The van der Waals surface area contributed by atoms with Gasteiger partial charge in [-0.15, -0.1) is 11.3 Å². The molecule has 1 aromatic heterocycles. The van der Waals surface area contributed by atoms with Crippen molar-refractivity contribution in [1.82, 2.24) is 4.98 Å². The molecular formula is C18H18N2O4S. The summed E-state index contributed by atoms with van der Waals surface area (Å²) >= 11 is 1.24. The van der Waals surface area contributed by atoms with Gasteiger partial charge in [0, 0.05) is 11.1 Å². The van der Waals surface area contributed by atoms with Gasteiger partial charge in [-0.05, 0) is 38.0 Å². The second-order valence-electron chi connectivity index (χ2n) is 5.57. The number of aryl methyl sites for hydroxylation is 3. The summed E-state index contributed by atoms with van der Waals surface area (Å²) in [6, 6.07) is 7.57. The Hall–Kier alpha value is -2.72. The van der Waals surface area contributed by atoms with Crippen molar-refractivity contribution in [2.45, 2.75) is 26.7 Å². The van der Waals surface area contributed by atoms with E-state index in [4.69, 9.17) is 14.7 Å². The van der Waals surface area contributed by atoms with Gasteiger partial charge in [0.25, 0.3) is 0 Å². The fraction of sp³-hybridized carbons (Fsp3) is 0.333. The molecule has 1 heterocycles. The van der Waals surface area contributed by atoms with Crippen molar-refractivity contribution in [2.75, 3.05) is 13.2 Å². The number of hydrogen-bond donors (Lipinski definition) is 0. The van der Waals surface area contributed by atoms with Crippen LogP contribution in [0.4, 0.5) is 0 Å². The van der Waals surface area contributed by atoms with Crippen LogP contribution >= 0.6 is 11.3 Å². The molecule has 2 aromatic rings. The number of nitrogens with zero attached hydrogens (tertiary/aromatic N) is 2. The van der Waals surface area contributed by atoms with Gasteiger partial charge in [-0.2, -0.15) is 5.26 Å². The molecule has 0 fully saturated rings. The molecule has 1 atom stereocenters. The molecule has 0 radical (unpaired) electrons. The van der Waals surface area contributed by atoms with Crippen molar-refractivity contribution in [1.29, 1.82) is 5.26 Å². The Bertz CT molecular complexity index is 823. The van der Waals surface area contributed by atoms with Gasteiger partial charge in [0.05, 0.1) is 6.07 Å². The van der Waals surface area contributed by atoms with Crippen molar-refractivity contribution in [3.8, 4) is 11.8 Å². The fourth-order valence-electron chi connectivity index (χ4n) is 2.05. The average molecular weight is 358 g/mol. The van der Waals surface area contributed by atoms with Crippen molar-refractivity contribution in [3.63, 3.8) is 0 Å². The Morgan fingerprint density at radius 2 is 2.04 bits per heavy atom. The van der Waals surface area contributed by atoms with Crippen LogP contribution in [0.1, 0.15) is 27.7 Å². The summed E-state index contributed by atoms with van der Waals surface area (Å²) in [6.07, 6.45) is 0. The number of ketones is 1. The summed E-state index contributed by atoms with van der Waals surface area (Å²) in [5.41, 5.74) is 2.66. The van der Waals surface area contributed by atoms with Gasteiger partial charge in [-0.1, -0.05) is 12.1 Å². The second-order valence-corrected chi connectivity index (χ2v) is 6.46. The summed E-state index contributed by atoms with van der Waals surface area (Å²) in [5, 5.41) is 11.3. The van der Waals surface area contributed by atoms with E-state index in [1.165, 1.54) is 11.3 Å². The fourth-order valence-corrected chi connectivity index (χ4v) is 2.91. The van der Waals surface area contributed by atoms with Gasteiger partial charge in [0.15, 0.2) is 24.9 Å². The van der Waals surface area contributed by atoms with E-state index < -0.39 is 24.3 Å². The smallest absolute Gasteiger partial charge is 0.344 e. The minimum Gasteiger partial charge on any atom is -0.482 e. The lowest BCUT2D eigenvalue weighted by atomic mass is 10.1. The van der Waals surface area contributed by atoms with Gasteiger partial charge in [-0.25, -0.2) is 9.78 Å². The predicted octanol–water partition coefficient (Wildman–Crippen LogP) is 2.87. The second kappa shape index (κ2) is 8.40. The number of hydrogen-bond acceptors (Lipinski definition) is 7. The average Bonchev–Trinajstić information content (AvgIpc) is 3.00. The van der Waals surface area contributed by atoms with Gasteiger partial charge in [0.2, 0.25) is 0 Å². The normalized spacial score (nSPS) is 11.4. The maximum Gasteiger partial charge on any atom is 0.344 e. The molecule has 0 aliphatic heterocycles. The Balaban J connectivity index is 1.85. The molecule has 7 heteroatoms. The van der Waals surface area contributed by atoms with Gasteiger partial charge in [-0.3, -0.25) is 4.79 Å². The Kier molecular flexibility index (Phi) is 6.25. The lowest BCUT2D eigenvalue weighted by Gasteiger charge is -2.10. The molecule has 1 aromatic carbocycles. The van der Waals surface area contributed by atoms with E-state index in [1.807, 2.05) is 38.1 Å². The monoisotopic (exact) mass is 358 g/mol. The number of aromatic nitrogens is 1. The maximum atomic E-state index is 12.1. The Morgan fingerprint density at radius 3 is 2.68 bits per heavy atom. The molecular weight excluding hydrogens is 340 g/mol. The molecule has 0 aliphatic rings. The number of carbonyl (C=O) groups is 2. The first kappa shape index (κ1) is 18.6. The van der Waals surface area contributed by atoms with Crippen molar-refractivity contribution in [2.24, 2.45) is 0 Å². The third-order valence-corrected chi connectivity index (χ3v) is 4.43. The number of thiazole rings is 1. The van der Waals surface area contributed by atoms with Crippen LogP contribution in [0.2, 0.25) is 0 Å². The van der Waals surface area contributed by atoms with Crippen molar-refractivity contribution < 1.29 is 19.1 Å². The van der Waals surface area contributed by atoms with Crippen LogP contribution < -0.4 is 4.74 Å². The standard InChI is InChI=1S/C18H18N2O4S/c1-11-4-5-12(2)16(6-11)23-9-17(22)24-8-15(21)14(7-19)18-20-13(3)10-25-18/h4-6,10,14H,8-9H2,1-3H3/t14-/m1/s1. The quantitative estimate of drug-likeness (QED) is 0.707. The van der Waals surface area contributed by atoms with Gasteiger partial charge in [0.1, 0.15) is 10.8 Å². The first-order valence-corrected chi connectivity index (χ1v) is 8.48. The zero-order valence-corrected chi connectivity index (χ0v) is 15.1. The summed E-state index contributed by atoms with van der Waals surface area (Å²) in [6.45, 7) is 4.80. The maximum absolute atomic E-state index is 12.1. The van der Waals surface area contributed by atoms with E-state index in [0.717, 1.165) is 16.8 Å². The molecule has 0 N–H and O–H groups in total. The van der Waals surface area contributed by atoms with Crippen molar-refractivity contribution >= 4 is 23.1 Å². The zero-order chi connectivity index (χ0) is 18.4.